The third-order valence-electron chi connectivity index (χ3n) is 2.63. The Morgan fingerprint density at radius 1 is 1.11 bits per heavy atom. The molecule has 0 aliphatic heterocycles. The third kappa shape index (κ3) is 3.50. The smallest absolute Gasteiger partial charge is 0.138 e. The van der Waals surface area contributed by atoms with Gasteiger partial charge in [-0.3, -0.25) is 0 Å². The summed E-state index contributed by atoms with van der Waals surface area (Å²) in [6, 6.07) is 14.1. The minimum absolute atomic E-state index is 0.537. The second kappa shape index (κ2) is 6.26. The Labute approximate surface area is 121 Å². The van der Waals surface area contributed by atoms with Crippen LogP contribution in [-0.2, 0) is 11.9 Å². The van der Waals surface area contributed by atoms with E-state index in [1.807, 2.05) is 30.3 Å². The van der Waals surface area contributed by atoms with Crippen molar-refractivity contribution in [2.45, 2.75) is 18.9 Å². The van der Waals surface area contributed by atoms with Gasteiger partial charge in [0.05, 0.1) is 5.02 Å². The lowest BCUT2D eigenvalue weighted by atomic mass is 10.1. The highest BCUT2D eigenvalue weighted by molar-refractivity contribution is 9.08. The minimum Gasteiger partial charge on any atom is -0.487 e. The number of rotatable bonds is 4. The Balaban J connectivity index is 2.06. The molecule has 0 aliphatic rings. The van der Waals surface area contributed by atoms with E-state index in [1.54, 1.807) is 0 Å². The van der Waals surface area contributed by atoms with Crippen molar-refractivity contribution in [1.82, 2.24) is 0 Å². The van der Waals surface area contributed by atoms with Crippen molar-refractivity contribution in [3.05, 3.63) is 64.2 Å². The summed E-state index contributed by atoms with van der Waals surface area (Å²) >= 11 is 9.56. The van der Waals surface area contributed by atoms with Gasteiger partial charge in [0.2, 0.25) is 0 Å². The Kier molecular flexibility index (Phi) is 4.67. The molecule has 0 unspecified atom stereocenters. The summed E-state index contributed by atoms with van der Waals surface area (Å²) in [6.45, 7) is 2.61. The predicted molar refractivity (Wildman–Crippen MR) is 79.6 cm³/mol. The van der Waals surface area contributed by atoms with E-state index in [2.05, 4.69) is 35.0 Å². The second-order valence-electron chi connectivity index (χ2n) is 4.18. The van der Waals surface area contributed by atoms with Crippen LogP contribution in [0, 0.1) is 6.92 Å². The standard InChI is InChI=1S/C15H14BrClO/c1-11-3-2-4-13(7-11)10-18-15-6-5-12(9-16)8-14(15)17/h2-8H,9-10H2,1H3. The van der Waals surface area contributed by atoms with E-state index >= 15 is 0 Å². The molecule has 1 nitrogen and oxygen atoms in total. The van der Waals surface area contributed by atoms with E-state index in [1.165, 1.54) is 5.56 Å². The second-order valence-corrected chi connectivity index (χ2v) is 5.14. The van der Waals surface area contributed by atoms with E-state index in [9.17, 15) is 0 Å². The first-order valence-electron chi connectivity index (χ1n) is 5.72. The van der Waals surface area contributed by atoms with Crippen molar-refractivity contribution >= 4 is 27.5 Å². The van der Waals surface area contributed by atoms with Crippen LogP contribution in [0.15, 0.2) is 42.5 Å². The summed E-state index contributed by atoms with van der Waals surface area (Å²) in [5.74, 6) is 0.725. The van der Waals surface area contributed by atoms with Gasteiger partial charge in [-0.25, -0.2) is 0 Å². The van der Waals surface area contributed by atoms with Crippen LogP contribution in [0.1, 0.15) is 16.7 Å². The van der Waals surface area contributed by atoms with Gasteiger partial charge in [0.1, 0.15) is 12.4 Å². The maximum atomic E-state index is 6.16. The summed E-state index contributed by atoms with van der Waals surface area (Å²) in [6.07, 6.45) is 0. The van der Waals surface area contributed by atoms with Gasteiger partial charge < -0.3 is 4.74 Å². The van der Waals surface area contributed by atoms with Crippen LogP contribution in [-0.4, -0.2) is 0 Å². The quantitative estimate of drug-likeness (QED) is 0.709. The zero-order valence-corrected chi connectivity index (χ0v) is 12.5. The average Bonchev–Trinajstić information content (AvgIpc) is 2.37. The Hall–Kier alpha value is -0.990. The zero-order chi connectivity index (χ0) is 13.0. The van der Waals surface area contributed by atoms with Crippen LogP contribution in [0.25, 0.3) is 0 Å². The maximum Gasteiger partial charge on any atom is 0.138 e. The van der Waals surface area contributed by atoms with E-state index < -0.39 is 0 Å². The van der Waals surface area contributed by atoms with Gasteiger partial charge in [-0.05, 0) is 30.2 Å². The SMILES string of the molecule is Cc1cccc(COc2ccc(CBr)cc2Cl)c1. The van der Waals surface area contributed by atoms with Crippen molar-refractivity contribution in [2.75, 3.05) is 0 Å². The molecule has 0 saturated carbocycles. The lowest BCUT2D eigenvalue weighted by Gasteiger charge is -2.09. The molecule has 0 spiro atoms. The molecule has 0 aliphatic carbocycles. The Bertz CT molecular complexity index is 540. The summed E-state index contributed by atoms with van der Waals surface area (Å²) in [4.78, 5) is 0. The van der Waals surface area contributed by atoms with Gasteiger partial charge in [0, 0.05) is 5.33 Å². The Morgan fingerprint density at radius 2 is 1.94 bits per heavy atom. The summed E-state index contributed by atoms with van der Waals surface area (Å²) in [5.41, 5.74) is 3.52. The normalized spacial score (nSPS) is 10.4. The van der Waals surface area contributed by atoms with Gasteiger partial charge >= 0.3 is 0 Å². The molecule has 0 N–H and O–H groups in total. The van der Waals surface area contributed by atoms with Crippen molar-refractivity contribution in [3.63, 3.8) is 0 Å². The van der Waals surface area contributed by atoms with Crippen LogP contribution in [0.3, 0.4) is 0 Å². The molecule has 0 aromatic heterocycles. The summed E-state index contributed by atoms with van der Waals surface area (Å²) in [7, 11) is 0. The Morgan fingerprint density at radius 3 is 2.61 bits per heavy atom. The third-order valence-corrected chi connectivity index (χ3v) is 3.57. The first-order valence-corrected chi connectivity index (χ1v) is 7.21. The largest absolute Gasteiger partial charge is 0.487 e. The minimum atomic E-state index is 0.537. The topological polar surface area (TPSA) is 9.23 Å². The van der Waals surface area contributed by atoms with Gasteiger partial charge in [-0.1, -0.05) is 63.4 Å². The lowest BCUT2D eigenvalue weighted by molar-refractivity contribution is 0.306. The van der Waals surface area contributed by atoms with Crippen LogP contribution in [0.2, 0.25) is 5.02 Å². The fourth-order valence-electron chi connectivity index (χ4n) is 1.71. The molecule has 0 amide bonds. The van der Waals surface area contributed by atoms with Gasteiger partial charge in [-0.2, -0.15) is 0 Å². The molecule has 0 bridgehead atoms. The predicted octanol–water partition coefficient (Wildman–Crippen LogP) is 5.12. The number of halogens is 2. The fraction of sp³-hybridized carbons (Fsp3) is 0.200. The average molecular weight is 326 g/mol. The first kappa shape index (κ1) is 13.4. The van der Waals surface area contributed by atoms with E-state index in [0.29, 0.717) is 11.6 Å². The molecule has 3 heteroatoms. The molecule has 0 heterocycles. The molecule has 2 rings (SSSR count). The molecular weight excluding hydrogens is 312 g/mol. The molecule has 2 aromatic rings. The first-order chi connectivity index (χ1) is 8.69. The van der Waals surface area contributed by atoms with Crippen LogP contribution >= 0.6 is 27.5 Å². The maximum absolute atomic E-state index is 6.16. The van der Waals surface area contributed by atoms with Crippen LogP contribution in [0.4, 0.5) is 0 Å². The van der Waals surface area contributed by atoms with Gasteiger partial charge in [0.15, 0.2) is 0 Å². The number of hydrogen-bond donors (Lipinski definition) is 0. The molecule has 94 valence electrons. The monoisotopic (exact) mass is 324 g/mol. The number of aryl methyl sites for hydroxylation is 1. The van der Waals surface area contributed by atoms with E-state index in [-0.39, 0.29) is 0 Å². The fourth-order valence-corrected chi connectivity index (χ4v) is 2.31. The van der Waals surface area contributed by atoms with Crippen molar-refractivity contribution in [1.29, 1.82) is 0 Å². The molecule has 0 fully saturated rings. The lowest BCUT2D eigenvalue weighted by Crippen LogP contribution is -1.96. The molecule has 0 radical (unpaired) electrons. The number of ether oxygens (including phenoxy) is 1. The summed E-state index contributed by atoms with van der Waals surface area (Å²) in [5, 5.41) is 1.45. The highest BCUT2D eigenvalue weighted by Gasteiger charge is 2.03. The highest BCUT2D eigenvalue weighted by atomic mass is 79.9. The van der Waals surface area contributed by atoms with Gasteiger partial charge in [-0.15, -0.1) is 0 Å². The van der Waals surface area contributed by atoms with Crippen molar-refractivity contribution in [2.24, 2.45) is 0 Å². The number of hydrogen-bond acceptors (Lipinski definition) is 1. The van der Waals surface area contributed by atoms with Gasteiger partial charge in [0.25, 0.3) is 0 Å². The van der Waals surface area contributed by atoms with Crippen LogP contribution < -0.4 is 4.74 Å². The van der Waals surface area contributed by atoms with Crippen molar-refractivity contribution in [3.8, 4) is 5.75 Å². The zero-order valence-electron chi connectivity index (χ0n) is 10.1. The van der Waals surface area contributed by atoms with Crippen molar-refractivity contribution < 1.29 is 4.74 Å². The molecule has 0 saturated heterocycles. The molecule has 2 aromatic carbocycles. The number of alkyl halides is 1. The molecule has 0 atom stereocenters. The van der Waals surface area contributed by atoms with E-state index in [0.717, 1.165) is 22.2 Å². The van der Waals surface area contributed by atoms with Crippen LogP contribution in [0.5, 0.6) is 5.75 Å². The van der Waals surface area contributed by atoms with E-state index in [4.69, 9.17) is 16.3 Å². The number of benzene rings is 2. The highest BCUT2D eigenvalue weighted by Crippen LogP contribution is 2.27. The summed E-state index contributed by atoms with van der Waals surface area (Å²) < 4.78 is 5.73. The molecular formula is C15H14BrClO. The molecule has 18 heavy (non-hydrogen) atoms.